The molecule has 1 N–H and O–H groups in total. The molecule has 3 aliphatic rings. The Morgan fingerprint density at radius 2 is 1.88 bits per heavy atom. The number of hydrogen-bond acceptors (Lipinski definition) is 4. The van der Waals surface area contributed by atoms with E-state index in [1.54, 1.807) is 0 Å². The lowest BCUT2D eigenvalue weighted by Crippen LogP contribution is -2.36. The Morgan fingerprint density at radius 1 is 1.12 bits per heavy atom. The van der Waals surface area contributed by atoms with E-state index in [1.165, 1.54) is 27.9 Å². The first kappa shape index (κ1) is 38.4. The van der Waals surface area contributed by atoms with Gasteiger partial charge in [0, 0.05) is 24.2 Å². The maximum atomic E-state index is 9.63. The summed E-state index contributed by atoms with van der Waals surface area (Å²) in [6.07, 6.45) is 19.9. The second-order valence-electron chi connectivity index (χ2n) is 14.5. The molecule has 1 aromatic carbocycles. The first-order valence-corrected chi connectivity index (χ1v) is 18.7. The normalized spacial score (nSPS) is 26.6. The molecule has 0 spiro atoms. The maximum absolute atomic E-state index is 9.63. The lowest BCUT2D eigenvalue weighted by molar-refractivity contribution is 0.418. The van der Waals surface area contributed by atoms with Gasteiger partial charge in [0.2, 0.25) is 0 Å². The molecule has 0 bridgehead atoms. The average Bonchev–Trinajstić information content (AvgIpc) is 3.57. The molecule has 4 rings (SSSR count). The Labute approximate surface area is 303 Å². The molecule has 50 heavy (non-hydrogen) atoms. The number of nitriles is 1. The topological polar surface area (TPSA) is 60.5 Å². The van der Waals surface area contributed by atoms with Crippen molar-refractivity contribution < 1.29 is 0 Å². The zero-order valence-corrected chi connectivity index (χ0v) is 31.6. The SMILES string of the molecule is C=C/C=C(\C)C1=NC(C2CCCC(C(=C)C3CC#CC=CC3C(=C(C)C)C(=C/CC)/C=C(\C)C(C)C#N)CC2)=NC(c2ccccc2)C(C)N1. The van der Waals surface area contributed by atoms with E-state index < -0.39 is 0 Å². The van der Waals surface area contributed by atoms with Crippen molar-refractivity contribution in [3.05, 3.63) is 119 Å². The highest BCUT2D eigenvalue weighted by atomic mass is 15.1. The Bertz CT molecular complexity index is 1700. The van der Waals surface area contributed by atoms with Crippen LogP contribution < -0.4 is 5.32 Å². The third-order valence-corrected chi connectivity index (χ3v) is 10.7. The number of allylic oxidation sites excluding steroid dienone is 11. The van der Waals surface area contributed by atoms with Gasteiger partial charge < -0.3 is 5.32 Å². The van der Waals surface area contributed by atoms with E-state index in [2.05, 4.69) is 120 Å². The number of aliphatic imine (C=N–C) groups is 2. The number of hydrogen-bond donors (Lipinski definition) is 1. The van der Waals surface area contributed by atoms with Crippen LogP contribution in [0.15, 0.2) is 123 Å². The largest absolute Gasteiger partial charge is 0.365 e. The molecular weight excluding hydrogens is 609 g/mol. The summed E-state index contributed by atoms with van der Waals surface area (Å²) in [4.78, 5) is 10.7. The first-order valence-electron chi connectivity index (χ1n) is 18.7. The molecule has 7 unspecified atom stereocenters. The highest BCUT2D eigenvalue weighted by molar-refractivity contribution is 6.07. The molecule has 2 aliphatic carbocycles. The number of nitrogens with one attached hydrogen (secondary N) is 1. The lowest BCUT2D eigenvalue weighted by atomic mass is 9.71. The molecule has 1 fully saturated rings. The summed E-state index contributed by atoms with van der Waals surface area (Å²) in [6, 6.07) is 13.1. The van der Waals surface area contributed by atoms with Crippen molar-refractivity contribution >= 4 is 11.7 Å². The Kier molecular flexibility index (Phi) is 14.2. The summed E-state index contributed by atoms with van der Waals surface area (Å²) in [5, 5.41) is 13.3. The van der Waals surface area contributed by atoms with Gasteiger partial charge in [-0.1, -0.05) is 116 Å². The van der Waals surface area contributed by atoms with Crippen LogP contribution in [-0.2, 0) is 0 Å². The first-order chi connectivity index (χ1) is 24.1. The van der Waals surface area contributed by atoms with E-state index in [0.717, 1.165) is 67.8 Å². The lowest BCUT2D eigenvalue weighted by Gasteiger charge is -2.33. The van der Waals surface area contributed by atoms with E-state index >= 15 is 0 Å². The van der Waals surface area contributed by atoms with Crippen LogP contribution in [-0.4, -0.2) is 17.7 Å². The summed E-state index contributed by atoms with van der Waals surface area (Å²) in [6.45, 7) is 23.8. The van der Waals surface area contributed by atoms with Crippen molar-refractivity contribution in [1.29, 1.82) is 5.26 Å². The highest BCUT2D eigenvalue weighted by Gasteiger charge is 2.34. The molecule has 4 heteroatoms. The molecule has 1 aromatic rings. The van der Waals surface area contributed by atoms with Crippen molar-refractivity contribution in [1.82, 2.24) is 5.32 Å². The second kappa shape index (κ2) is 18.5. The molecule has 1 saturated carbocycles. The van der Waals surface area contributed by atoms with Gasteiger partial charge in [0.15, 0.2) is 0 Å². The minimum atomic E-state index is -0.131. The van der Waals surface area contributed by atoms with E-state index in [1.807, 2.05) is 25.2 Å². The zero-order valence-electron chi connectivity index (χ0n) is 31.6. The quantitative estimate of drug-likeness (QED) is 0.111. The van der Waals surface area contributed by atoms with Crippen molar-refractivity contribution in [3.8, 4) is 17.9 Å². The third-order valence-electron chi connectivity index (χ3n) is 10.7. The molecular formula is C46H58N4. The van der Waals surface area contributed by atoms with Gasteiger partial charge in [0.1, 0.15) is 11.7 Å². The second-order valence-corrected chi connectivity index (χ2v) is 14.5. The van der Waals surface area contributed by atoms with Crippen molar-refractivity contribution in [3.63, 3.8) is 0 Å². The molecule has 0 aromatic heterocycles. The molecule has 1 heterocycles. The Balaban J connectivity index is 1.64. The van der Waals surface area contributed by atoms with Crippen molar-refractivity contribution in [2.45, 2.75) is 105 Å². The number of amidine groups is 2. The summed E-state index contributed by atoms with van der Waals surface area (Å²) >= 11 is 0. The van der Waals surface area contributed by atoms with Crippen LogP contribution in [0.25, 0.3) is 0 Å². The predicted molar refractivity (Wildman–Crippen MR) is 214 cm³/mol. The Morgan fingerprint density at radius 3 is 2.56 bits per heavy atom. The molecule has 262 valence electrons. The standard InChI is InChI=1S/C46H58N4/c1-10-19-32(5)45-48-36(9)44(38-21-14-12-15-22-38)49-46(50-45)39-24-18-23-37(27-28-39)35(8)41-25-16-13-17-26-42(41)43(31(3)4)40(20-11-2)29-33(6)34(7)30-47/h10,12,14-15,17,19-22,26,29,34,36-37,39,41-42,44H,1,8,11,18,23-25,27-28H2,2-7,9H3,(H,48,49,50)/b32-19+,33-29+,40-20+. The fourth-order valence-corrected chi connectivity index (χ4v) is 7.68. The van der Waals surface area contributed by atoms with Crippen LogP contribution in [0.2, 0.25) is 0 Å². The van der Waals surface area contributed by atoms with Gasteiger partial charge in [-0.15, -0.1) is 0 Å². The highest BCUT2D eigenvalue weighted by Crippen LogP contribution is 2.43. The van der Waals surface area contributed by atoms with Gasteiger partial charge in [-0.2, -0.15) is 5.26 Å². The summed E-state index contributed by atoms with van der Waals surface area (Å²) < 4.78 is 0. The van der Waals surface area contributed by atoms with Crippen LogP contribution >= 0.6 is 0 Å². The molecule has 0 radical (unpaired) electrons. The predicted octanol–water partition coefficient (Wildman–Crippen LogP) is 11.4. The Hall–Kier alpha value is -4.41. The number of benzene rings is 1. The van der Waals surface area contributed by atoms with E-state index in [4.69, 9.17) is 16.6 Å². The minimum Gasteiger partial charge on any atom is -0.365 e. The van der Waals surface area contributed by atoms with E-state index in [0.29, 0.717) is 5.92 Å². The molecule has 0 amide bonds. The van der Waals surface area contributed by atoms with Crippen LogP contribution in [0.4, 0.5) is 0 Å². The fourth-order valence-electron chi connectivity index (χ4n) is 7.68. The van der Waals surface area contributed by atoms with Crippen LogP contribution in [0.3, 0.4) is 0 Å². The van der Waals surface area contributed by atoms with Gasteiger partial charge in [-0.05, 0) is 108 Å². The van der Waals surface area contributed by atoms with Crippen LogP contribution in [0, 0.1) is 52.8 Å². The summed E-state index contributed by atoms with van der Waals surface area (Å²) in [5.41, 5.74) is 8.54. The van der Waals surface area contributed by atoms with Crippen molar-refractivity contribution in [2.75, 3.05) is 0 Å². The minimum absolute atomic E-state index is 0.0169. The van der Waals surface area contributed by atoms with Crippen molar-refractivity contribution in [2.24, 2.45) is 39.6 Å². The molecule has 0 saturated heterocycles. The van der Waals surface area contributed by atoms with Crippen LogP contribution in [0.1, 0.15) is 105 Å². The number of nitrogens with zero attached hydrogens (tertiary/aromatic N) is 3. The van der Waals surface area contributed by atoms with Gasteiger partial charge in [0.05, 0.1) is 24.1 Å². The number of rotatable bonds is 11. The average molecular weight is 667 g/mol. The monoisotopic (exact) mass is 666 g/mol. The molecule has 1 aliphatic heterocycles. The van der Waals surface area contributed by atoms with Crippen LogP contribution in [0.5, 0.6) is 0 Å². The zero-order chi connectivity index (χ0) is 36.2. The van der Waals surface area contributed by atoms with Gasteiger partial charge >= 0.3 is 0 Å². The third kappa shape index (κ3) is 9.63. The van der Waals surface area contributed by atoms with Gasteiger partial charge in [-0.25, -0.2) is 4.99 Å². The smallest absolute Gasteiger partial charge is 0.131 e. The fraction of sp³-hybridized carbons (Fsp3) is 0.457. The molecule has 7 atom stereocenters. The van der Waals surface area contributed by atoms with Gasteiger partial charge in [-0.3, -0.25) is 4.99 Å². The summed E-state index contributed by atoms with van der Waals surface area (Å²) in [7, 11) is 0. The van der Waals surface area contributed by atoms with E-state index in [-0.39, 0.29) is 35.8 Å². The molecule has 4 nitrogen and oxygen atoms in total. The maximum Gasteiger partial charge on any atom is 0.131 e. The van der Waals surface area contributed by atoms with Gasteiger partial charge in [0.25, 0.3) is 0 Å². The summed E-state index contributed by atoms with van der Waals surface area (Å²) in [5.74, 6) is 9.54. The van der Waals surface area contributed by atoms with E-state index in [9.17, 15) is 5.26 Å².